The van der Waals surface area contributed by atoms with Crippen LogP contribution in [0.15, 0.2) is 16.6 Å². The maximum absolute atomic E-state index is 13.8. The highest BCUT2D eigenvalue weighted by Gasteiger charge is 2.19. The van der Waals surface area contributed by atoms with Gasteiger partial charge in [-0.25, -0.2) is 4.39 Å². The molecule has 0 amide bonds. The van der Waals surface area contributed by atoms with E-state index in [-0.39, 0.29) is 11.9 Å². The second kappa shape index (κ2) is 5.99. The molecule has 0 spiro atoms. The highest BCUT2D eigenvalue weighted by Crippen LogP contribution is 2.31. The molecule has 0 aliphatic heterocycles. The molecule has 1 rings (SSSR count). The van der Waals surface area contributed by atoms with Gasteiger partial charge in [-0.1, -0.05) is 32.4 Å². The fraction of sp³-hybridized carbons (Fsp3) is 0.500. The first-order valence-corrected chi connectivity index (χ1v) is 6.52. The van der Waals surface area contributed by atoms with Crippen molar-refractivity contribution in [2.45, 2.75) is 26.8 Å². The summed E-state index contributed by atoms with van der Waals surface area (Å²) >= 11 is 9.21. The molecule has 0 saturated heterocycles. The Labute approximate surface area is 110 Å². The minimum absolute atomic E-state index is 0.00407. The van der Waals surface area contributed by atoms with Crippen molar-refractivity contribution in [3.63, 3.8) is 0 Å². The largest absolute Gasteiger partial charge is 0.310 e. The molecular formula is C12H16BrClFN. The normalized spacial score (nSPS) is 13.2. The van der Waals surface area contributed by atoms with Gasteiger partial charge in [0.15, 0.2) is 0 Å². The van der Waals surface area contributed by atoms with Crippen LogP contribution in [0.3, 0.4) is 0 Å². The maximum atomic E-state index is 13.8. The number of rotatable bonds is 4. The summed E-state index contributed by atoms with van der Waals surface area (Å²) in [6.45, 7) is 6.93. The lowest BCUT2D eigenvalue weighted by Crippen LogP contribution is -2.26. The zero-order chi connectivity index (χ0) is 12.3. The summed E-state index contributed by atoms with van der Waals surface area (Å²) in [5, 5.41) is 3.81. The highest BCUT2D eigenvalue weighted by atomic mass is 79.9. The van der Waals surface area contributed by atoms with Gasteiger partial charge in [-0.3, -0.25) is 0 Å². The predicted molar refractivity (Wildman–Crippen MR) is 70.4 cm³/mol. The molecule has 0 aliphatic rings. The van der Waals surface area contributed by atoms with Gasteiger partial charge in [0.2, 0.25) is 0 Å². The number of hydrogen-bond donors (Lipinski definition) is 1. The van der Waals surface area contributed by atoms with Crippen LogP contribution in [-0.2, 0) is 0 Å². The molecule has 1 nitrogen and oxygen atoms in total. The summed E-state index contributed by atoms with van der Waals surface area (Å²) in [5.74, 6) is 0.0858. The molecule has 1 N–H and O–H groups in total. The molecule has 1 aromatic carbocycles. The molecule has 1 atom stereocenters. The molecule has 1 unspecified atom stereocenters. The fourth-order valence-corrected chi connectivity index (χ4v) is 2.19. The van der Waals surface area contributed by atoms with Crippen molar-refractivity contribution in [2.75, 3.05) is 6.54 Å². The van der Waals surface area contributed by atoms with E-state index in [2.05, 4.69) is 35.1 Å². The van der Waals surface area contributed by atoms with Crippen molar-refractivity contribution < 1.29 is 4.39 Å². The lowest BCUT2D eigenvalue weighted by Gasteiger charge is -2.23. The molecule has 4 heteroatoms. The van der Waals surface area contributed by atoms with E-state index in [0.717, 1.165) is 6.54 Å². The van der Waals surface area contributed by atoms with Crippen LogP contribution in [0.1, 0.15) is 32.4 Å². The Morgan fingerprint density at radius 1 is 1.44 bits per heavy atom. The summed E-state index contributed by atoms with van der Waals surface area (Å²) in [4.78, 5) is 0. The van der Waals surface area contributed by atoms with Gasteiger partial charge in [-0.15, -0.1) is 0 Å². The highest BCUT2D eigenvalue weighted by molar-refractivity contribution is 9.10. The average molecular weight is 309 g/mol. The Morgan fingerprint density at radius 3 is 2.56 bits per heavy atom. The summed E-state index contributed by atoms with van der Waals surface area (Å²) < 4.78 is 14.4. The molecule has 0 fully saturated rings. The molecule has 0 bridgehead atoms. The summed E-state index contributed by atoms with van der Waals surface area (Å²) in [5.41, 5.74) is 0.630. The Kier molecular flexibility index (Phi) is 5.22. The van der Waals surface area contributed by atoms with Crippen LogP contribution in [0.25, 0.3) is 0 Å². The van der Waals surface area contributed by atoms with Crippen LogP contribution < -0.4 is 5.32 Å². The van der Waals surface area contributed by atoms with Gasteiger partial charge in [-0.05, 0) is 40.5 Å². The lowest BCUT2D eigenvalue weighted by molar-refractivity contribution is 0.405. The van der Waals surface area contributed by atoms with Gasteiger partial charge in [0.1, 0.15) is 5.82 Å². The van der Waals surface area contributed by atoms with Crippen LogP contribution in [-0.4, -0.2) is 6.54 Å². The third-order valence-corrected chi connectivity index (χ3v) is 3.66. The van der Waals surface area contributed by atoms with E-state index >= 15 is 0 Å². The molecule has 16 heavy (non-hydrogen) atoms. The van der Waals surface area contributed by atoms with Crippen molar-refractivity contribution in [2.24, 2.45) is 5.92 Å². The number of hydrogen-bond acceptors (Lipinski definition) is 1. The zero-order valence-corrected chi connectivity index (χ0v) is 12.0. The van der Waals surface area contributed by atoms with E-state index in [1.165, 1.54) is 6.07 Å². The molecule has 0 heterocycles. The van der Waals surface area contributed by atoms with Gasteiger partial charge >= 0.3 is 0 Å². The summed E-state index contributed by atoms with van der Waals surface area (Å²) in [6, 6.07) is 3.11. The summed E-state index contributed by atoms with van der Waals surface area (Å²) in [7, 11) is 0. The van der Waals surface area contributed by atoms with Gasteiger partial charge in [0.05, 0.1) is 5.02 Å². The first-order valence-electron chi connectivity index (χ1n) is 5.35. The van der Waals surface area contributed by atoms with E-state index in [1.807, 2.05) is 6.92 Å². The monoisotopic (exact) mass is 307 g/mol. The van der Waals surface area contributed by atoms with Crippen molar-refractivity contribution in [1.82, 2.24) is 5.32 Å². The molecule has 1 aromatic rings. The van der Waals surface area contributed by atoms with Gasteiger partial charge in [0.25, 0.3) is 0 Å². The van der Waals surface area contributed by atoms with E-state index in [1.54, 1.807) is 6.07 Å². The van der Waals surface area contributed by atoms with E-state index in [0.29, 0.717) is 21.0 Å². The molecular weight excluding hydrogens is 292 g/mol. The molecule has 90 valence electrons. The Balaban J connectivity index is 3.13. The summed E-state index contributed by atoms with van der Waals surface area (Å²) in [6.07, 6.45) is 0. The van der Waals surface area contributed by atoms with E-state index in [4.69, 9.17) is 11.6 Å². The minimum Gasteiger partial charge on any atom is -0.310 e. The molecule has 0 radical (unpaired) electrons. The maximum Gasteiger partial charge on any atom is 0.129 e. The second-order valence-corrected chi connectivity index (χ2v) is 5.33. The van der Waals surface area contributed by atoms with Crippen LogP contribution in [0.2, 0.25) is 5.02 Å². The van der Waals surface area contributed by atoms with Crippen molar-refractivity contribution >= 4 is 27.5 Å². The second-order valence-electron chi connectivity index (χ2n) is 4.07. The SMILES string of the molecule is CCNC(c1cc(Cl)c(Br)cc1F)C(C)C. The Bertz CT molecular complexity index is 368. The van der Waals surface area contributed by atoms with Gasteiger partial charge in [0, 0.05) is 16.1 Å². The van der Waals surface area contributed by atoms with E-state index < -0.39 is 0 Å². The van der Waals surface area contributed by atoms with Crippen molar-refractivity contribution in [3.05, 3.63) is 33.0 Å². The quantitative estimate of drug-likeness (QED) is 0.805. The fourth-order valence-electron chi connectivity index (χ4n) is 1.70. The Hall–Kier alpha value is -0.120. The van der Waals surface area contributed by atoms with Gasteiger partial charge < -0.3 is 5.32 Å². The van der Waals surface area contributed by atoms with Crippen molar-refractivity contribution in [1.29, 1.82) is 0 Å². The van der Waals surface area contributed by atoms with E-state index in [9.17, 15) is 4.39 Å². The number of benzene rings is 1. The van der Waals surface area contributed by atoms with Crippen LogP contribution in [0.4, 0.5) is 4.39 Å². The first-order chi connectivity index (χ1) is 7.47. The number of halogens is 3. The van der Waals surface area contributed by atoms with Gasteiger partial charge in [-0.2, -0.15) is 0 Å². The zero-order valence-electron chi connectivity index (χ0n) is 9.65. The molecule has 0 aliphatic carbocycles. The predicted octanol–water partition coefficient (Wildman–Crippen LogP) is 4.55. The first kappa shape index (κ1) is 13.9. The molecule has 0 aromatic heterocycles. The standard InChI is InChI=1S/C12H16BrClFN/c1-4-16-12(7(2)3)8-5-10(14)9(13)6-11(8)15/h5-7,12,16H,4H2,1-3H3. The third-order valence-electron chi connectivity index (χ3n) is 2.47. The average Bonchev–Trinajstić information content (AvgIpc) is 2.20. The number of nitrogens with one attached hydrogen (secondary N) is 1. The lowest BCUT2D eigenvalue weighted by atomic mass is 9.95. The van der Waals surface area contributed by atoms with Crippen LogP contribution >= 0.6 is 27.5 Å². The van der Waals surface area contributed by atoms with Crippen LogP contribution in [0.5, 0.6) is 0 Å². The van der Waals surface area contributed by atoms with Crippen LogP contribution in [0, 0.1) is 11.7 Å². The minimum atomic E-state index is -0.226. The topological polar surface area (TPSA) is 12.0 Å². The molecule has 0 saturated carbocycles. The third kappa shape index (κ3) is 3.19. The van der Waals surface area contributed by atoms with Crippen molar-refractivity contribution in [3.8, 4) is 0 Å². The smallest absolute Gasteiger partial charge is 0.129 e. The Morgan fingerprint density at radius 2 is 2.06 bits per heavy atom.